The first-order valence-electron chi connectivity index (χ1n) is 8.73. The van der Waals surface area contributed by atoms with E-state index in [2.05, 4.69) is 44.1 Å². The Hall–Kier alpha value is -2.96. The van der Waals surface area contributed by atoms with Crippen LogP contribution in [0.3, 0.4) is 0 Å². The molecule has 1 aromatic carbocycles. The number of para-hydroxylation sites is 1. The van der Waals surface area contributed by atoms with E-state index in [1.807, 2.05) is 18.2 Å². The normalized spacial score (nSPS) is 11.0. The number of thiophene rings is 1. The summed E-state index contributed by atoms with van der Waals surface area (Å²) in [5.74, 6) is -0.0639. The number of aromatic nitrogens is 4. The van der Waals surface area contributed by atoms with Crippen LogP contribution in [0.1, 0.15) is 18.9 Å². The van der Waals surface area contributed by atoms with Crippen LogP contribution in [-0.2, 0) is 11.3 Å². The number of hydrogen-bond donors (Lipinski definition) is 1. The maximum Gasteiger partial charge on any atom is 0.235 e. The van der Waals surface area contributed by atoms with Crippen molar-refractivity contribution in [3.05, 3.63) is 41.3 Å². The highest BCUT2D eigenvalue weighted by atomic mass is 32.2. The number of rotatable bonds is 6. The molecule has 0 unspecified atom stereocenters. The predicted octanol–water partition coefficient (Wildman–Crippen LogP) is 4.05. The molecule has 0 saturated carbocycles. The standard InChI is InChI=1S/C19H16N6OS2/c1-2-8-25-14-6-4-3-5-13(14)16-17(25)22-19(24-23-16)28-11-15(26)21-18-12(10-20)7-9-27-18/h3-7,9H,2,8,11H2,1H3,(H,21,26). The summed E-state index contributed by atoms with van der Waals surface area (Å²) in [6.45, 7) is 2.96. The molecule has 1 amide bonds. The number of nitriles is 1. The SMILES string of the molecule is CCCn1c2ccccc2c2nnc(SCC(=O)Nc3sccc3C#N)nc21. The van der Waals surface area contributed by atoms with Crippen molar-refractivity contribution in [1.82, 2.24) is 19.7 Å². The zero-order valence-electron chi connectivity index (χ0n) is 15.0. The molecule has 7 nitrogen and oxygen atoms in total. The lowest BCUT2D eigenvalue weighted by molar-refractivity contribution is -0.113. The summed E-state index contributed by atoms with van der Waals surface area (Å²) >= 11 is 2.55. The van der Waals surface area contributed by atoms with E-state index in [1.54, 1.807) is 11.4 Å². The highest BCUT2D eigenvalue weighted by Gasteiger charge is 2.15. The van der Waals surface area contributed by atoms with Crippen LogP contribution < -0.4 is 5.32 Å². The van der Waals surface area contributed by atoms with Gasteiger partial charge < -0.3 is 9.88 Å². The molecule has 28 heavy (non-hydrogen) atoms. The number of thioether (sulfide) groups is 1. The first-order valence-corrected chi connectivity index (χ1v) is 10.6. The second kappa shape index (κ2) is 7.96. The predicted molar refractivity (Wildman–Crippen MR) is 112 cm³/mol. The van der Waals surface area contributed by atoms with Crippen molar-refractivity contribution in [1.29, 1.82) is 5.26 Å². The van der Waals surface area contributed by atoms with Crippen molar-refractivity contribution < 1.29 is 4.79 Å². The molecule has 1 N–H and O–H groups in total. The maximum absolute atomic E-state index is 12.2. The van der Waals surface area contributed by atoms with E-state index in [0.717, 1.165) is 35.0 Å². The van der Waals surface area contributed by atoms with Gasteiger partial charge in [-0.1, -0.05) is 36.9 Å². The summed E-state index contributed by atoms with van der Waals surface area (Å²) in [4.78, 5) is 16.9. The minimum atomic E-state index is -0.207. The van der Waals surface area contributed by atoms with Gasteiger partial charge in [-0.05, 0) is 23.9 Å². The summed E-state index contributed by atoms with van der Waals surface area (Å²) < 4.78 is 2.15. The van der Waals surface area contributed by atoms with Crippen molar-refractivity contribution in [2.24, 2.45) is 0 Å². The van der Waals surface area contributed by atoms with Gasteiger partial charge in [-0.25, -0.2) is 4.98 Å². The van der Waals surface area contributed by atoms with Gasteiger partial charge in [0.05, 0.1) is 16.8 Å². The fraction of sp³-hybridized carbons (Fsp3) is 0.211. The Bertz CT molecular complexity index is 1210. The Labute approximate surface area is 169 Å². The van der Waals surface area contributed by atoms with E-state index in [4.69, 9.17) is 5.26 Å². The van der Waals surface area contributed by atoms with Crippen molar-refractivity contribution in [3.63, 3.8) is 0 Å². The average molecular weight is 409 g/mol. The summed E-state index contributed by atoms with van der Waals surface area (Å²) in [6, 6.07) is 11.8. The second-order valence-corrected chi connectivity index (χ2v) is 7.91. The van der Waals surface area contributed by atoms with Gasteiger partial charge in [-0.2, -0.15) is 5.26 Å². The van der Waals surface area contributed by atoms with Crippen molar-refractivity contribution in [3.8, 4) is 6.07 Å². The number of amides is 1. The van der Waals surface area contributed by atoms with Gasteiger partial charge in [0.1, 0.15) is 16.6 Å². The summed E-state index contributed by atoms with van der Waals surface area (Å²) in [7, 11) is 0. The number of hydrogen-bond acceptors (Lipinski definition) is 7. The van der Waals surface area contributed by atoms with Gasteiger partial charge >= 0.3 is 0 Å². The van der Waals surface area contributed by atoms with Gasteiger partial charge in [-0.15, -0.1) is 21.5 Å². The molecule has 0 aliphatic rings. The lowest BCUT2D eigenvalue weighted by atomic mass is 10.2. The zero-order chi connectivity index (χ0) is 19.5. The molecular formula is C19H16N6OS2. The Morgan fingerprint density at radius 3 is 3.00 bits per heavy atom. The lowest BCUT2D eigenvalue weighted by Gasteiger charge is -2.05. The van der Waals surface area contributed by atoms with E-state index in [9.17, 15) is 4.79 Å². The third kappa shape index (κ3) is 3.44. The Morgan fingerprint density at radius 2 is 2.18 bits per heavy atom. The molecular weight excluding hydrogens is 392 g/mol. The minimum Gasteiger partial charge on any atom is -0.324 e. The number of carbonyl (C=O) groups is 1. The number of aryl methyl sites for hydroxylation is 1. The number of carbonyl (C=O) groups excluding carboxylic acids is 1. The smallest absolute Gasteiger partial charge is 0.235 e. The summed E-state index contributed by atoms with van der Waals surface area (Å²) in [6.07, 6.45) is 0.977. The average Bonchev–Trinajstić information content (AvgIpc) is 3.29. The van der Waals surface area contributed by atoms with Crippen LogP contribution in [-0.4, -0.2) is 31.4 Å². The van der Waals surface area contributed by atoms with Gasteiger partial charge in [0.25, 0.3) is 0 Å². The van der Waals surface area contributed by atoms with Gasteiger partial charge in [0.15, 0.2) is 5.65 Å². The topological polar surface area (TPSA) is 96.5 Å². The van der Waals surface area contributed by atoms with Gasteiger partial charge in [-0.3, -0.25) is 4.79 Å². The van der Waals surface area contributed by atoms with Crippen LogP contribution in [0.5, 0.6) is 0 Å². The van der Waals surface area contributed by atoms with Crippen molar-refractivity contribution in [2.45, 2.75) is 25.0 Å². The van der Waals surface area contributed by atoms with Gasteiger partial charge in [0, 0.05) is 11.9 Å². The highest BCUT2D eigenvalue weighted by Crippen LogP contribution is 2.27. The Morgan fingerprint density at radius 1 is 1.32 bits per heavy atom. The van der Waals surface area contributed by atoms with E-state index in [-0.39, 0.29) is 11.7 Å². The molecule has 0 aliphatic heterocycles. The third-order valence-electron chi connectivity index (χ3n) is 4.17. The van der Waals surface area contributed by atoms with E-state index in [1.165, 1.54) is 23.1 Å². The number of nitrogens with zero attached hydrogens (tertiary/aromatic N) is 5. The molecule has 0 aliphatic carbocycles. The second-order valence-electron chi connectivity index (χ2n) is 6.05. The Balaban J connectivity index is 1.56. The molecule has 0 radical (unpaired) electrons. The molecule has 3 heterocycles. The molecule has 0 saturated heterocycles. The monoisotopic (exact) mass is 408 g/mol. The van der Waals surface area contributed by atoms with Crippen LogP contribution in [0.15, 0.2) is 40.9 Å². The molecule has 0 fully saturated rings. The molecule has 9 heteroatoms. The quantitative estimate of drug-likeness (QED) is 0.483. The number of fused-ring (bicyclic) bond motifs is 3. The summed E-state index contributed by atoms with van der Waals surface area (Å²) in [5, 5.41) is 24.2. The molecule has 3 aromatic heterocycles. The first-order chi connectivity index (χ1) is 13.7. The van der Waals surface area contributed by atoms with Crippen LogP contribution >= 0.6 is 23.1 Å². The summed E-state index contributed by atoms with van der Waals surface area (Å²) in [5.41, 5.74) is 3.11. The van der Waals surface area contributed by atoms with Crippen molar-refractivity contribution in [2.75, 3.05) is 11.1 Å². The number of anilines is 1. The van der Waals surface area contributed by atoms with Crippen LogP contribution in [0.4, 0.5) is 5.00 Å². The molecule has 4 aromatic rings. The largest absolute Gasteiger partial charge is 0.324 e. The molecule has 4 rings (SSSR count). The van der Waals surface area contributed by atoms with Crippen LogP contribution in [0.2, 0.25) is 0 Å². The molecule has 0 atom stereocenters. The van der Waals surface area contributed by atoms with Crippen LogP contribution in [0.25, 0.3) is 22.1 Å². The fourth-order valence-electron chi connectivity index (χ4n) is 2.99. The number of benzene rings is 1. The molecule has 0 bridgehead atoms. The highest BCUT2D eigenvalue weighted by molar-refractivity contribution is 7.99. The third-order valence-corrected chi connectivity index (χ3v) is 5.84. The lowest BCUT2D eigenvalue weighted by Crippen LogP contribution is -2.14. The van der Waals surface area contributed by atoms with Crippen molar-refractivity contribution >= 4 is 56.1 Å². The fourth-order valence-corrected chi connectivity index (χ4v) is 4.32. The van der Waals surface area contributed by atoms with E-state index >= 15 is 0 Å². The molecule has 140 valence electrons. The zero-order valence-corrected chi connectivity index (χ0v) is 16.7. The maximum atomic E-state index is 12.2. The Kier molecular flexibility index (Phi) is 5.23. The number of nitrogens with one attached hydrogen (secondary N) is 1. The van der Waals surface area contributed by atoms with E-state index in [0.29, 0.717) is 15.7 Å². The van der Waals surface area contributed by atoms with Crippen LogP contribution in [0, 0.1) is 11.3 Å². The molecule has 0 spiro atoms. The van der Waals surface area contributed by atoms with Gasteiger partial charge in [0.2, 0.25) is 11.1 Å². The first kappa shape index (κ1) is 18.4. The van der Waals surface area contributed by atoms with E-state index < -0.39 is 0 Å². The minimum absolute atomic E-state index is 0.143.